The van der Waals surface area contributed by atoms with Gasteiger partial charge in [0.25, 0.3) is 0 Å². The zero-order chi connectivity index (χ0) is 10.4. The Labute approximate surface area is 106 Å². The number of aliphatic carboxylic acids is 1. The fourth-order valence-corrected chi connectivity index (χ4v) is 0.637. The van der Waals surface area contributed by atoms with Crippen LogP contribution in [0.5, 0.6) is 0 Å². The van der Waals surface area contributed by atoms with E-state index in [1.165, 1.54) is 12.2 Å². The SMILES string of the molecule is C=C(/C=C\C(=O)C(C)C)CC(=O)[O-].[Na+]. The Morgan fingerprint density at radius 1 is 1.36 bits per heavy atom. The van der Waals surface area contributed by atoms with Gasteiger partial charge < -0.3 is 9.90 Å². The number of allylic oxidation sites excluding steroid dienone is 2. The van der Waals surface area contributed by atoms with Crippen molar-refractivity contribution in [1.29, 1.82) is 0 Å². The molecule has 0 saturated carbocycles. The van der Waals surface area contributed by atoms with Crippen molar-refractivity contribution >= 4 is 11.8 Å². The van der Waals surface area contributed by atoms with Crippen molar-refractivity contribution in [2.75, 3.05) is 0 Å². The van der Waals surface area contributed by atoms with E-state index in [9.17, 15) is 14.7 Å². The second-order valence-corrected chi connectivity index (χ2v) is 3.10. The second-order valence-electron chi connectivity index (χ2n) is 3.10. The Morgan fingerprint density at radius 3 is 2.21 bits per heavy atom. The molecule has 0 fully saturated rings. The number of rotatable bonds is 5. The summed E-state index contributed by atoms with van der Waals surface area (Å²) >= 11 is 0. The summed E-state index contributed by atoms with van der Waals surface area (Å²) in [4.78, 5) is 21.1. The van der Waals surface area contributed by atoms with E-state index in [1.54, 1.807) is 13.8 Å². The third-order valence-corrected chi connectivity index (χ3v) is 1.42. The van der Waals surface area contributed by atoms with Crippen molar-refractivity contribution in [3.05, 3.63) is 24.3 Å². The molecule has 4 heteroatoms. The largest absolute Gasteiger partial charge is 1.00 e. The Bertz CT molecular complexity index is 254. The minimum atomic E-state index is -1.19. The molecule has 0 heterocycles. The van der Waals surface area contributed by atoms with Gasteiger partial charge in [-0.1, -0.05) is 26.5 Å². The van der Waals surface area contributed by atoms with Gasteiger partial charge in [-0.2, -0.15) is 0 Å². The van der Waals surface area contributed by atoms with Crippen molar-refractivity contribution in [1.82, 2.24) is 0 Å². The molecule has 0 saturated heterocycles. The second kappa shape index (κ2) is 7.97. The summed E-state index contributed by atoms with van der Waals surface area (Å²) in [6.07, 6.45) is 2.52. The van der Waals surface area contributed by atoms with Gasteiger partial charge in [0, 0.05) is 18.3 Å². The minimum Gasteiger partial charge on any atom is -0.550 e. The van der Waals surface area contributed by atoms with Crippen LogP contribution in [0.4, 0.5) is 0 Å². The molecule has 0 aromatic heterocycles. The number of ketones is 1. The average molecular weight is 204 g/mol. The van der Waals surface area contributed by atoms with Crippen molar-refractivity contribution < 1.29 is 44.3 Å². The number of carboxylic acids is 1. The van der Waals surface area contributed by atoms with E-state index >= 15 is 0 Å². The van der Waals surface area contributed by atoms with Crippen LogP contribution in [0.15, 0.2) is 24.3 Å². The quantitative estimate of drug-likeness (QED) is 0.282. The summed E-state index contributed by atoms with van der Waals surface area (Å²) in [5.41, 5.74) is 0.369. The van der Waals surface area contributed by atoms with Gasteiger partial charge in [-0.05, 0) is 11.6 Å². The molecular weight excluding hydrogens is 191 g/mol. The number of hydrogen-bond donors (Lipinski definition) is 0. The predicted octanol–water partition coefficient (Wildman–Crippen LogP) is -2.53. The first-order chi connectivity index (χ1) is 5.93. The fourth-order valence-electron chi connectivity index (χ4n) is 0.637. The number of hydrogen-bond acceptors (Lipinski definition) is 3. The van der Waals surface area contributed by atoms with Gasteiger partial charge in [0.2, 0.25) is 0 Å². The van der Waals surface area contributed by atoms with Crippen LogP contribution in [0.3, 0.4) is 0 Å². The summed E-state index contributed by atoms with van der Waals surface area (Å²) in [6, 6.07) is 0. The Morgan fingerprint density at radius 2 is 1.86 bits per heavy atom. The van der Waals surface area contributed by atoms with Crippen molar-refractivity contribution in [2.24, 2.45) is 5.92 Å². The zero-order valence-corrected chi connectivity index (χ0v) is 10.9. The Balaban J connectivity index is 0. The van der Waals surface area contributed by atoms with Crippen LogP contribution >= 0.6 is 0 Å². The van der Waals surface area contributed by atoms with E-state index in [0.29, 0.717) is 5.57 Å². The zero-order valence-electron chi connectivity index (χ0n) is 8.87. The first-order valence-electron chi connectivity index (χ1n) is 4.03. The van der Waals surface area contributed by atoms with Gasteiger partial charge in [-0.25, -0.2) is 0 Å². The molecule has 72 valence electrons. The maximum atomic E-state index is 11.0. The molecule has 3 nitrogen and oxygen atoms in total. The van der Waals surface area contributed by atoms with Gasteiger partial charge >= 0.3 is 29.6 Å². The fraction of sp³-hybridized carbons (Fsp3) is 0.400. The van der Waals surface area contributed by atoms with Crippen molar-refractivity contribution in [3.63, 3.8) is 0 Å². The van der Waals surface area contributed by atoms with Crippen molar-refractivity contribution in [3.8, 4) is 0 Å². The third-order valence-electron chi connectivity index (χ3n) is 1.42. The maximum absolute atomic E-state index is 11.0. The molecule has 0 radical (unpaired) electrons. The van der Waals surface area contributed by atoms with E-state index < -0.39 is 5.97 Å². The minimum absolute atomic E-state index is 0. The smallest absolute Gasteiger partial charge is 0.550 e. The molecule has 0 N–H and O–H groups in total. The summed E-state index contributed by atoms with van der Waals surface area (Å²) in [7, 11) is 0. The number of carboxylic acid groups (broad SMARTS) is 1. The van der Waals surface area contributed by atoms with E-state index in [-0.39, 0.29) is 47.7 Å². The normalized spacial score (nSPS) is 9.93. The van der Waals surface area contributed by atoms with Gasteiger partial charge in [0.05, 0.1) is 0 Å². The van der Waals surface area contributed by atoms with Crippen LogP contribution < -0.4 is 34.7 Å². The molecule has 0 spiro atoms. The van der Waals surface area contributed by atoms with Crippen LogP contribution in [-0.2, 0) is 9.59 Å². The molecule has 0 unspecified atom stereocenters. The number of carbonyl (C=O) groups is 2. The van der Waals surface area contributed by atoms with E-state index in [0.717, 1.165) is 0 Å². The molecule has 0 aromatic carbocycles. The molecule has 0 aliphatic heterocycles. The summed E-state index contributed by atoms with van der Waals surface area (Å²) in [5.74, 6) is -1.31. The summed E-state index contributed by atoms with van der Waals surface area (Å²) in [5, 5.41) is 10.1. The topological polar surface area (TPSA) is 57.2 Å². The Kier molecular flexibility index (Phi) is 9.15. The van der Waals surface area contributed by atoms with Crippen LogP contribution in [0.1, 0.15) is 20.3 Å². The van der Waals surface area contributed by atoms with Gasteiger partial charge in [-0.3, -0.25) is 4.79 Å². The first-order valence-corrected chi connectivity index (χ1v) is 4.03. The van der Waals surface area contributed by atoms with Gasteiger partial charge in [0.15, 0.2) is 5.78 Å². The molecule has 0 rings (SSSR count). The summed E-state index contributed by atoms with van der Waals surface area (Å²) in [6.45, 7) is 7.01. The molecular formula is C10H13NaO3. The molecule has 0 bridgehead atoms. The van der Waals surface area contributed by atoms with E-state index in [4.69, 9.17) is 0 Å². The average Bonchev–Trinajstić information content (AvgIpc) is 1.98. The van der Waals surface area contributed by atoms with Crippen LogP contribution in [0.2, 0.25) is 0 Å². The third kappa shape index (κ3) is 8.23. The Hall–Kier alpha value is -0.380. The van der Waals surface area contributed by atoms with E-state index in [2.05, 4.69) is 6.58 Å². The van der Waals surface area contributed by atoms with Gasteiger partial charge in [0.1, 0.15) is 0 Å². The van der Waals surface area contributed by atoms with Crippen LogP contribution in [-0.4, -0.2) is 11.8 Å². The van der Waals surface area contributed by atoms with Crippen molar-refractivity contribution in [2.45, 2.75) is 20.3 Å². The monoisotopic (exact) mass is 204 g/mol. The molecule has 0 aliphatic carbocycles. The predicted molar refractivity (Wildman–Crippen MR) is 47.7 cm³/mol. The van der Waals surface area contributed by atoms with E-state index in [1.807, 2.05) is 0 Å². The van der Waals surface area contributed by atoms with Crippen LogP contribution in [0, 0.1) is 5.92 Å². The van der Waals surface area contributed by atoms with Gasteiger partial charge in [-0.15, -0.1) is 0 Å². The molecule has 0 aromatic rings. The standard InChI is InChI=1S/C10H14O3.Na/c1-7(2)9(11)5-4-8(3)6-10(12)13;/h4-5,7H,3,6H2,1-2H3,(H,12,13);/q;+1/p-1/b5-4-;. The molecule has 0 amide bonds. The first kappa shape index (κ1) is 16.1. The molecule has 0 atom stereocenters. The molecule has 14 heavy (non-hydrogen) atoms. The number of carbonyl (C=O) groups excluding carboxylic acids is 2. The summed E-state index contributed by atoms with van der Waals surface area (Å²) < 4.78 is 0. The maximum Gasteiger partial charge on any atom is 1.00 e. The van der Waals surface area contributed by atoms with Crippen LogP contribution in [0.25, 0.3) is 0 Å². The molecule has 0 aliphatic rings.